The lowest BCUT2D eigenvalue weighted by atomic mass is 9.89. The average molecular weight is 206 g/mol. The minimum Gasteiger partial charge on any atom is -0.328 e. The number of carbonyl (C=O) groups is 1. The van der Waals surface area contributed by atoms with Gasteiger partial charge in [0.2, 0.25) is 0 Å². The van der Waals surface area contributed by atoms with E-state index in [1.807, 2.05) is 4.57 Å². The number of imidazole rings is 1. The first-order valence-electron chi connectivity index (χ1n) is 5.78. The van der Waals surface area contributed by atoms with Gasteiger partial charge >= 0.3 is 0 Å². The van der Waals surface area contributed by atoms with Crippen molar-refractivity contribution in [3.8, 4) is 0 Å². The molecule has 3 heteroatoms. The Morgan fingerprint density at radius 3 is 2.87 bits per heavy atom. The van der Waals surface area contributed by atoms with Crippen LogP contribution in [0.15, 0.2) is 12.5 Å². The van der Waals surface area contributed by atoms with Gasteiger partial charge in [0.05, 0.1) is 12.5 Å². The van der Waals surface area contributed by atoms with Crippen LogP contribution in [0.1, 0.15) is 49.5 Å². The molecule has 1 aromatic heterocycles. The molecule has 0 saturated heterocycles. The smallest absolute Gasteiger partial charge is 0.177 e. The predicted molar refractivity (Wildman–Crippen MR) is 58.8 cm³/mol. The molecule has 3 nitrogen and oxygen atoms in total. The van der Waals surface area contributed by atoms with Gasteiger partial charge in [-0.25, -0.2) is 4.98 Å². The van der Waals surface area contributed by atoms with E-state index >= 15 is 0 Å². The van der Waals surface area contributed by atoms with Crippen LogP contribution in [0.2, 0.25) is 0 Å². The zero-order valence-electron chi connectivity index (χ0n) is 9.28. The summed E-state index contributed by atoms with van der Waals surface area (Å²) in [5.41, 5.74) is 0.751. The molecule has 0 spiro atoms. The van der Waals surface area contributed by atoms with Crippen LogP contribution in [-0.2, 0) is 6.54 Å². The first-order valence-corrected chi connectivity index (χ1v) is 5.78. The average Bonchev–Trinajstić information content (AvgIpc) is 2.67. The van der Waals surface area contributed by atoms with E-state index in [9.17, 15) is 4.79 Å². The first-order chi connectivity index (χ1) is 7.27. The first kappa shape index (κ1) is 10.4. The molecule has 0 N–H and O–H groups in total. The number of carbonyl (C=O) groups excluding carboxylic acids is 1. The second-order valence-electron chi connectivity index (χ2n) is 4.49. The molecule has 1 aliphatic rings. The summed E-state index contributed by atoms with van der Waals surface area (Å²) in [7, 11) is 0. The minimum atomic E-state index is 0.114. The minimum absolute atomic E-state index is 0.114. The quantitative estimate of drug-likeness (QED) is 0.713. The number of ketones is 1. The fourth-order valence-electron chi connectivity index (χ4n) is 2.41. The largest absolute Gasteiger partial charge is 0.328 e. The number of nitrogens with zero attached hydrogens (tertiary/aromatic N) is 2. The lowest BCUT2D eigenvalue weighted by molar-refractivity contribution is 0.100. The van der Waals surface area contributed by atoms with Crippen LogP contribution in [0.25, 0.3) is 0 Å². The summed E-state index contributed by atoms with van der Waals surface area (Å²) >= 11 is 0. The van der Waals surface area contributed by atoms with Crippen molar-refractivity contribution in [3.05, 3.63) is 18.2 Å². The fourth-order valence-corrected chi connectivity index (χ4v) is 2.41. The summed E-state index contributed by atoms with van der Waals surface area (Å²) < 4.78 is 2.01. The van der Waals surface area contributed by atoms with Gasteiger partial charge in [0.25, 0.3) is 0 Å². The monoisotopic (exact) mass is 206 g/mol. The Morgan fingerprint density at radius 2 is 2.20 bits per heavy atom. The van der Waals surface area contributed by atoms with Gasteiger partial charge in [-0.2, -0.15) is 0 Å². The SMILES string of the molecule is CC(=O)c1cncn1CC1CCCCC1. The molecule has 0 aromatic carbocycles. The molecule has 1 heterocycles. The van der Waals surface area contributed by atoms with Gasteiger partial charge in [0, 0.05) is 13.5 Å². The molecule has 1 saturated carbocycles. The maximum absolute atomic E-state index is 11.3. The molecule has 1 aliphatic carbocycles. The maximum Gasteiger partial charge on any atom is 0.177 e. The Kier molecular flexibility index (Phi) is 3.19. The van der Waals surface area contributed by atoms with E-state index in [1.165, 1.54) is 32.1 Å². The van der Waals surface area contributed by atoms with E-state index in [0.717, 1.165) is 18.2 Å². The van der Waals surface area contributed by atoms with Crippen molar-refractivity contribution in [1.29, 1.82) is 0 Å². The van der Waals surface area contributed by atoms with Crippen molar-refractivity contribution in [2.24, 2.45) is 5.92 Å². The standard InChI is InChI=1S/C12H18N2O/c1-10(15)12-7-13-9-14(12)8-11-5-3-2-4-6-11/h7,9,11H,2-6,8H2,1H3. The van der Waals surface area contributed by atoms with Gasteiger partial charge in [0.15, 0.2) is 5.78 Å². The van der Waals surface area contributed by atoms with Gasteiger partial charge < -0.3 is 4.57 Å². The van der Waals surface area contributed by atoms with Crippen LogP contribution >= 0.6 is 0 Å². The molecule has 0 unspecified atom stereocenters. The zero-order valence-corrected chi connectivity index (χ0v) is 9.28. The van der Waals surface area contributed by atoms with Crippen LogP contribution in [0.4, 0.5) is 0 Å². The van der Waals surface area contributed by atoms with Crippen LogP contribution < -0.4 is 0 Å². The highest BCUT2D eigenvalue weighted by Crippen LogP contribution is 2.25. The molecular formula is C12H18N2O. The third-order valence-corrected chi connectivity index (χ3v) is 3.25. The lowest BCUT2D eigenvalue weighted by Gasteiger charge is -2.22. The maximum atomic E-state index is 11.3. The van der Waals surface area contributed by atoms with Crippen LogP contribution in [-0.4, -0.2) is 15.3 Å². The summed E-state index contributed by atoms with van der Waals surface area (Å²) in [6.07, 6.45) is 10.1. The van der Waals surface area contributed by atoms with Crippen molar-refractivity contribution >= 4 is 5.78 Å². The molecule has 0 bridgehead atoms. The number of hydrogen-bond donors (Lipinski definition) is 0. The van der Waals surface area contributed by atoms with E-state index in [2.05, 4.69) is 4.98 Å². The van der Waals surface area contributed by atoms with E-state index < -0.39 is 0 Å². The number of aromatic nitrogens is 2. The summed E-state index contributed by atoms with van der Waals surface area (Å²) in [5.74, 6) is 0.856. The Hall–Kier alpha value is -1.12. The number of hydrogen-bond acceptors (Lipinski definition) is 2. The van der Waals surface area contributed by atoms with E-state index in [1.54, 1.807) is 19.4 Å². The van der Waals surface area contributed by atoms with Crippen molar-refractivity contribution in [2.75, 3.05) is 0 Å². The Bertz CT molecular complexity index is 337. The zero-order chi connectivity index (χ0) is 10.7. The molecular weight excluding hydrogens is 188 g/mol. The molecule has 2 rings (SSSR count). The predicted octanol–water partition coefficient (Wildman–Crippen LogP) is 2.67. The molecule has 15 heavy (non-hydrogen) atoms. The van der Waals surface area contributed by atoms with Gasteiger partial charge in [-0.15, -0.1) is 0 Å². The Labute approximate surface area is 90.5 Å². The van der Waals surface area contributed by atoms with Gasteiger partial charge in [-0.1, -0.05) is 19.3 Å². The normalized spacial score (nSPS) is 17.9. The lowest BCUT2D eigenvalue weighted by Crippen LogP contribution is -2.16. The molecule has 0 atom stereocenters. The fraction of sp³-hybridized carbons (Fsp3) is 0.667. The molecule has 1 aromatic rings. The highest BCUT2D eigenvalue weighted by molar-refractivity contribution is 5.92. The summed E-state index contributed by atoms with van der Waals surface area (Å²) in [5, 5.41) is 0. The van der Waals surface area contributed by atoms with E-state index in [4.69, 9.17) is 0 Å². The number of Topliss-reactive ketones (excluding diaryl/α,β-unsaturated/α-hetero) is 1. The third kappa shape index (κ3) is 2.46. The van der Waals surface area contributed by atoms with Crippen LogP contribution in [0.3, 0.4) is 0 Å². The Morgan fingerprint density at radius 1 is 1.47 bits per heavy atom. The molecule has 82 valence electrons. The topological polar surface area (TPSA) is 34.9 Å². The van der Waals surface area contributed by atoms with Crippen molar-refractivity contribution in [2.45, 2.75) is 45.6 Å². The second kappa shape index (κ2) is 4.60. The Balaban J connectivity index is 2.03. The van der Waals surface area contributed by atoms with Crippen LogP contribution in [0.5, 0.6) is 0 Å². The molecule has 1 fully saturated rings. The number of rotatable bonds is 3. The molecule has 0 amide bonds. The molecule has 0 aliphatic heterocycles. The van der Waals surface area contributed by atoms with Gasteiger partial charge in [-0.05, 0) is 18.8 Å². The van der Waals surface area contributed by atoms with Crippen molar-refractivity contribution in [3.63, 3.8) is 0 Å². The summed E-state index contributed by atoms with van der Waals surface area (Å²) in [4.78, 5) is 15.4. The highest BCUT2D eigenvalue weighted by atomic mass is 16.1. The van der Waals surface area contributed by atoms with E-state index in [-0.39, 0.29) is 5.78 Å². The van der Waals surface area contributed by atoms with Crippen molar-refractivity contribution in [1.82, 2.24) is 9.55 Å². The summed E-state index contributed by atoms with van der Waals surface area (Å²) in [6, 6.07) is 0. The highest BCUT2D eigenvalue weighted by Gasteiger charge is 2.16. The van der Waals surface area contributed by atoms with Gasteiger partial charge in [-0.3, -0.25) is 4.79 Å². The van der Waals surface area contributed by atoms with Crippen LogP contribution in [0, 0.1) is 5.92 Å². The summed E-state index contributed by atoms with van der Waals surface area (Å²) in [6.45, 7) is 2.57. The molecule has 0 radical (unpaired) electrons. The van der Waals surface area contributed by atoms with Crippen molar-refractivity contribution < 1.29 is 4.79 Å². The van der Waals surface area contributed by atoms with E-state index in [0.29, 0.717) is 0 Å². The van der Waals surface area contributed by atoms with Gasteiger partial charge in [0.1, 0.15) is 5.69 Å². The second-order valence-corrected chi connectivity index (χ2v) is 4.49. The third-order valence-electron chi connectivity index (χ3n) is 3.25.